The third kappa shape index (κ3) is 2.08. The van der Waals surface area contributed by atoms with Crippen molar-refractivity contribution in [1.29, 1.82) is 0 Å². The Hall–Kier alpha value is -0.410. The van der Waals surface area contributed by atoms with Crippen LogP contribution in [0.15, 0.2) is 0 Å². The molecule has 0 aromatic carbocycles. The zero-order valence-corrected chi connectivity index (χ0v) is 9.57. The van der Waals surface area contributed by atoms with Gasteiger partial charge in [-0.2, -0.15) is 0 Å². The Labute approximate surface area is 91.1 Å². The molecule has 0 aromatic heterocycles. The first-order valence-corrected chi connectivity index (χ1v) is 5.90. The number of ether oxygens (including phenoxy) is 2. The van der Waals surface area contributed by atoms with E-state index in [2.05, 4.69) is 13.8 Å². The second kappa shape index (κ2) is 4.22. The van der Waals surface area contributed by atoms with Gasteiger partial charge in [0.1, 0.15) is 6.29 Å². The summed E-state index contributed by atoms with van der Waals surface area (Å²) in [6.07, 6.45) is 3.83. The van der Waals surface area contributed by atoms with Gasteiger partial charge in [0.2, 0.25) is 0 Å². The molecule has 86 valence electrons. The molecule has 1 saturated heterocycles. The first-order chi connectivity index (χ1) is 7.17. The third-order valence-corrected chi connectivity index (χ3v) is 3.80. The highest BCUT2D eigenvalue weighted by molar-refractivity contribution is 5.54. The topological polar surface area (TPSA) is 35.5 Å². The molecular weight excluding hydrogens is 192 g/mol. The molecule has 0 N–H and O–H groups in total. The van der Waals surface area contributed by atoms with Gasteiger partial charge in [0.25, 0.3) is 0 Å². The summed E-state index contributed by atoms with van der Waals surface area (Å²) < 4.78 is 11.3. The van der Waals surface area contributed by atoms with Crippen molar-refractivity contribution >= 4 is 6.29 Å². The molecule has 0 radical (unpaired) electrons. The Morgan fingerprint density at radius 1 is 1.33 bits per heavy atom. The lowest BCUT2D eigenvalue weighted by molar-refractivity contribution is -0.196. The van der Waals surface area contributed by atoms with Gasteiger partial charge >= 0.3 is 0 Å². The van der Waals surface area contributed by atoms with Gasteiger partial charge in [-0.1, -0.05) is 13.8 Å². The molecule has 0 unspecified atom stereocenters. The van der Waals surface area contributed by atoms with E-state index in [1.54, 1.807) is 0 Å². The quantitative estimate of drug-likeness (QED) is 0.657. The zero-order valence-electron chi connectivity index (χ0n) is 9.57. The molecule has 1 saturated carbocycles. The SMILES string of the molecule is CC(C)[C@@H]1CCC2(C[C@H]1C=O)OCCO2. The predicted molar refractivity (Wildman–Crippen MR) is 56.4 cm³/mol. The summed E-state index contributed by atoms with van der Waals surface area (Å²) in [5.41, 5.74) is 0. The minimum atomic E-state index is -0.420. The number of aldehydes is 1. The predicted octanol–water partition coefficient (Wildman–Crippen LogP) is 2.00. The molecule has 2 rings (SSSR count). The van der Waals surface area contributed by atoms with Crippen molar-refractivity contribution in [3.63, 3.8) is 0 Å². The lowest BCUT2D eigenvalue weighted by Gasteiger charge is -2.40. The molecule has 0 aromatic rings. The first kappa shape index (κ1) is 11.1. The maximum atomic E-state index is 11.1. The summed E-state index contributed by atoms with van der Waals surface area (Å²) in [6, 6.07) is 0. The van der Waals surface area contributed by atoms with Gasteiger partial charge in [-0.3, -0.25) is 0 Å². The van der Waals surface area contributed by atoms with Gasteiger partial charge in [0, 0.05) is 18.8 Å². The van der Waals surface area contributed by atoms with Crippen LogP contribution >= 0.6 is 0 Å². The van der Waals surface area contributed by atoms with E-state index in [0.717, 1.165) is 25.5 Å². The molecule has 2 atom stereocenters. The summed E-state index contributed by atoms with van der Waals surface area (Å²) >= 11 is 0. The summed E-state index contributed by atoms with van der Waals surface area (Å²) in [4.78, 5) is 11.1. The van der Waals surface area contributed by atoms with Crippen LogP contribution in [0.25, 0.3) is 0 Å². The van der Waals surface area contributed by atoms with Crippen molar-refractivity contribution < 1.29 is 14.3 Å². The lowest BCUT2D eigenvalue weighted by Crippen LogP contribution is -2.42. The summed E-state index contributed by atoms with van der Waals surface area (Å²) in [6.45, 7) is 5.74. The first-order valence-electron chi connectivity index (χ1n) is 5.90. The summed E-state index contributed by atoms with van der Waals surface area (Å²) in [7, 11) is 0. The molecule has 2 aliphatic rings. The van der Waals surface area contributed by atoms with E-state index in [-0.39, 0.29) is 5.92 Å². The van der Waals surface area contributed by atoms with Crippen LogP contribution in [-0.4, -0.2) is 25.3 Å². The van der Waals surface area contributed by atoms with Crippen molar-refractivity contribution in [2.45, 2.75) is 38.9 Å². The van der Waals surface area contributed by atoms with E-state index in [4.69, 9.17) is 9.47 Å². The lowest BCUT2D eigenvalue weighted by atomic mass is 9.72. The van der Waals surface area contributed by atoms with Crippen molar-refractivity contribution in [1.82, 2.24) is 0 Å². The molecule has 3 nitrogen and oxygen atoms in total. The van der Waals surface area contributed by atoms with E-state index < -0.39 is 5.79 Å². The van der Waals surface area contributed by atoms with Gasteiger partial charge in [0.15, 0.2) is 5.79 Å². The van der Waals surface area contributed by atoms with Gasteiger partial charge < -0.3 is 14.3 Å². The second-order valence-corrected chi connectivity index (χ2v) is 5.06. The molecule has 2 fully saturated rings. The fourth-order valence-corrected chi connectivity index (χ4v) is 2.95. The van der Waals surface area contributed by atoms with Crippen LogP contribution in [0.3, 0.4) is 0 Å². The fourth-order valence-electron chi connectivity index (χ4n) is 2.95. The van der Waals surface area contributed by atoms with Gasteiger partial charge in [0.05, 0.1) is 13.2 Å². The highest BCUT2D eigenvalue weighted by Crippen LogP contribution is 2.43. The molecule has 0 bridgehead atoms. The minimum Gasteiger partial charge on any atom is -0.348 e. The van der Waals surface area contributed by atoms with E-state index in [1.165, 1.54) is 0 Å². The monoisotopic (exact) mass is 212 g/mol. The van der Waals surface area contributed by atoms with Gasteiger partial charge in [-0.15, -0.1) is 0 Å². The maximum absolute atomic E-state index is 11.1. The van der Waals surface area contributed by atoms with E-state index in [9.17, 15) is 4.79 Å². The number of hydrogen-bond donors (Lipinski definition) is 0. The highest BCUT2D eigenvalue weighted by Gasteiger charge is 2.45. The normalized spacial score (nSPS) is 34.9. The average molecular weight is 212 g/mol. The molecule has 3 heteroatoms. The van der Waals surface area contributed by atoms with Crippen LogP contribution in [-0.2, 0) is 14.3 Å². The van der Waals surface area contributed by atoms with Crippen LogP contribution in [0.4, 0.5) is 0 Å². The van der Waals surface area contributed by atoms with Crippen LogP contribution in [0.2, 0.25) is 0 Å². The Bertz CT molecular complexity index is 231. The average Bonchev–Trinajstić information content (AvgIpc) is 2.66. The van der Waals surface area contributed by atoms with E-state index in [0.29, 0.717) is 25.0 Å². The van der Waals surface area contributed by atoms with E-state index >= 15 is 0 Å². The van der Waals surface area contributed by atoms with Crippen LogP contribution < -0.4 is 0 Å². The van der Waals surface area contributed by atoms with Crippen LogP contribution in [0.5, 0.6) is 0 Å². The van der Waals surface area contributed by atoms with Crippen LogP contribution in [0.1, 0.15) is 33.1 Å². The van der Waals surface area contributed by atoms with Crippen molar-refractivity contribution in [3.8, 4) is 0 Å². The Balaban J connectivity index is 2.05. The van der Waals surface area contributed by atoms with Gasteiger partial charge in [-0.25, -0.2) is 0 Å². The van der Waals surface area contributed by atoms with Crippen molar-refractivity contribution in [2.75, 3.05) is 13.2 Å². The minimum absolute atomic E-state index is 0.108. The summed E-state index contributed by atoms with van der Waals surface area (Å²) in [5, 5.41) is 0. The van der Waals surface area contributed by atoms with Gasteiger partial charge in [-0.05, 0) is 18.3 Å². The van der Waals surface area contributed by atoms with Crippen LogP contribution in [0, 0.1) is 17.8 Å². The zero-order chi connectivity index (χ0) is 10.9. The third-order valence-electron chi connectivity index (χ3n) is 3.80. The smallest absolute Gasteiger partial charge is 0.169 e. The number of hydrogen-bond acceptors (Lipinski definition) is 3. The largest absolute Gasteiger partial charge is 0.348 e. The number of carbonyl (C=O) groups is 1. The standard InChI is InChI=1S/C12H20O3/c1-9(2)11-3-4-12(7-10(11)8-13)14-5-6-15-12/h8-11H,3-7H2,1-2H3/t10-,11-/m0/s1. The maximum Gasteiger partial charge on any atom is 0.169 e. The molecule has 0 amide bonds. The molecule has 1 aliphatic heterocycles. The Morgan fingerprint density at radius 2 is 2.00 bits per heavy atom. The number of rotatable bonds is 2. The highest BCUT2D eigenvalue weighted by atomic mass is 16.7. The number of carbonyl (C=O) groups excluding carboxylic acids is 1. The Morgan fingerprint density at radius 3 is 2.53 bits per heavy atom. The van der Waals surface area contributed by atoms with Crippen molar-refractivity contribution in [2.24, 2.45) is 17.8 Å². The molecule has 1 heterocycles. The van der Waals surface area contributed by atoms with E-state index in [1.807, 2.05) is 0 Å². The molecule has 15 heavy (non-hydrogen) atoms. The molecular formula is C12H20O3. The molecule has 1 aliphatic carbocycles. The van der Waals surface area contributed by atoms with Crippen molar-refractivity contribution in [3.05, 3.63) is 0 Å². The molecule has 1 spiro atoms. The fraction of sp³-hybridized carbons (Fsp3) is 0.917. The second-order valence-electron chi connectivity index (χ2n) is 5.06. The summed E-state index contributed by atoms with van der Waals surface area (Å²) in [5.74, 6) is 0.758. The Kier molecular flexibility index (Phi) is 3.12.